The third-order valence-electron chi connectivity index (χ3n) is 12.1. The van der Waals surface area contributed by atoms with E-state index < -0.39 is 5.91 Å². The van der Waals surface area contributed by atoms with E-state index in [0.717, 1.165) is 82.7 Å². The van der Waals surface area contributed by atoms with Gasteiger partial charge in [-0.15, -0.1) is 23.2 Å². The van der Waals surface area contributed by atoms with Crippen molar-refractivity contribution in [3.05, 3.63) is 127 Å². The Balaban J connectivity index is 0.000000194. The van der Waals surface area contributed by atoms with E-state index in [9.17, 15) is 19.5 Å². The van der Waals surface area contributed by atoms with Gasteiger partial charge in [0.1, 0.15) is 113 Å². The minimum absolute atomic E-state index is 0.0392. The van der Waals surface area contributed by atoms with Crippen LogP contribution in [0.4, 0.5) is 34.1 Å². The van der Waals surface area contributed by atoms with Crippen molar-refractivity contribution >= 4 is 94.0 Å². The molecule has 0 saturated carbocycles. The molecule has 11 rings (SSSR count). The van der Waals surface area contributed by atoms with Crippen LogP contribution in [-0.4, -0.2) is 137 Å². The molecule has 0 spiro atoms. The summed E-state index contributed by atoms with van der Waals surface area (Å²) in [7, 11) is 10.8. The van der Waals surface area contributed by atoms with E-state index in [4.69, 9.17) is 86.8 Å². The molecule has 0 saturated heterocycles. The summed E-state index contributed by atoms with van der Waals surface area (Å²) in [6, 6.07) is 34.0. The number of nitrogens with zero attached hydrogens (tertiary/aromatic N) is 2. The SMILES string of the molecule is CC[N+](CC)=c1ccc2nc3cc4c(cc3oc-2c1)NCCO4.COc1ccc(OC)c(N)c1.COc1ccc(OC)c(NC(=O)CCl)c1.O=C(CCl)Nc1cc(O)ccc1O.O=C1COc2ccc(O)cc2N1.Oc1ccc2c(c1)NCCO2.[B]C. The average molecular weight is 1240 g/mol. The maximum Gasteiger partial charge on any atom is 0.262 e. The van der Waals surface area contributed by atoms with E-state index in [1.807, 2.05) is 18.2 Å². The zero-order valence-electron chi connectivity index (χ0n) is 49.0. The number of aromatic hydroxyl groups is 4. The van der Waals surface area contributed by atoms with Gasteiger partial charge in [0.2, 0.25) is 17.2 Å². The monoisotopic (exact) mass is 1240 g/mol. The van der Waals surface area contributed by atoms with Gasteiger partial charge in [0, 0.05) is 61.6 Å². The standard InChI is InChI=1S/C18H19N3O2.C10H12ClNO3.C8H8ClNO3.C8H7NO3.C8H9NO2.C8H11NO2.CH3B/c1-3-21(4-2)12-5-6-13-17(9-12)23-18-10-14-16(11-15(18)20-13)22-8-7-19-14;1-14-7-3-4-9(15-2)8(5-7)12-10(13)6-11;9-4-8(13)10-6-3-5(11)1-2-7(6)12;10-5-1-2-7-6(3-5)9-8(11)4-12-7;10-6-1-2-8-7(5-6)9-3-4-11-8;1-10-6-3-4-8(11-2)7(9)5-6;1-2/h5-6,9-11H,3-4,7-8H2,1-2H3;3-5H,6H2,1-2H3,(H,12,13);1-3,11-12H,4H2,(H,10,13);1-3,10H,4H2,(H,9,11);1-2,5,9-10H,3-4H2;3-5H,9H2,1-2H3;1H3/p+1. The van der Waals surface area contributed by atoms with Gasteiger partial charge in [0.15, 0.2) is 18.0 Å². The van der Waals surface area contributed by atoms with Gasteiger partial charge in [0.25, 0.3) is 5.91 Å². The lowest BCUT2D eigenvalue weighted by Gasteiger charge is -2.19. The number of amides is 3. The number of phenols is 4. The number of anilines is 6. The molecule has 87 heavy (non-hydrogen) atoms. The number of alkyl halides is 2. The fourth-order valence-corrected chi connectivity index (χ4v) is 8.11. The van der Waals surface area contributed by atoms with Gasteiger partial charge in [-0.1, -0.05) is 6.82 Å². The van der Waals surface area contributed by atoms with Crippen LogP contribution in [0.1, 0.15) is 13.8 Å². The van der Waals surface area contributed by atoms with Crippen LogP contribution in [0.2, 0.25) is 6.82 Å². The second kappa shape index (κ2) is 34.8. The molecule has 0 atom stereocenters. The largest absolute Gasteiger partial charge is 0.508 e. The summed E-state index contributed by atoms with van der Waals surface area (Å²) in [6.07, 6.45) is 0. The summed E-state index contributed by atoms with van der Waals surface area (Å²) >= 11 is 10.6. The number of nitrogens with two attached hydrogens (primary N) is 1. The van der Waals surface area contributed by atoms with E-state index in [2.05, 4.69) is 65.0 Å². The fraction of sp³-hybridized carbons (Fsp3) is 0.262. The van der Waals surface area contributed by atoms with Crippen molar-refractivity contribution in [2.45, 2.75) is 20.7 Å². The highest BCUT2D eigenvalue weighted by Gasteiger charge is 2.18. The third kappa shape index (κ3) is 20.5. The zero-order chi connectivity index (χ0) is 63.4. The van der Waals surface area contributed by atoms with Crippen LogP contribution >= 0.6 is 23.2 Å². The molecule has 5 aliphatic rings. The molecule has 6 aromatic rings. The van der Waals surface area contributed by atoms with Crippen molar-refractivity contribution in [1.82, 2.24) is 9.56 Å². The number of benzene rings is 7. The Bertz CT molecular complexity index is 3610. The highest BCUT2D eigenvalue weighted by Crippen LogP contribution is 2.36. The van der Waals surface area contributed by atoms with Gasteiger partial charge in [-0.2, -0.15) is 0 Å². The van der Waals surface area contributed by atoms with Crippen molar-refractivity contribution in [1.29, 1.82) is 0 Å². The predicted molar refractivity (Wildman–Crippen MR) is 339 cm³/mol. The van der Waals surface area contributed by atoms with Gasteiger partial charge in [-0.3, -0.25) is 14.4 Å². The predicted octanol–water partition coefficient (Wildman–Crippen LogP) is 9.11. The van der Waals surface area contributed by atoms with Crippen LogP contribution in [0.3, 0.4) is 0 Å². The average Bonchev–Trinajstić information content (AvgIpc) is 2.77. The Kier molecular flexibility index (Phi) is 27.2. The lowest BCUT2D eigenvalue weighted by molar-refractivity contribution is -0.118. The van der Waals surface area contributed by atoms with E-state index in [0.29, 0.717) is 53.3 Å². The number of rotatable bonds is 10. The number of hydrogen-bond acceptors (Lipinski definition) is 19. The van der Waals surface area contributed by atoms with E-state index in [1.54, 1.807) is 82.0 Å². The molecule has 11 N–H and O–H groups in total. The van der Waals surface area contributed by atoms with Crippen LogP contribution in [0.15, 0.2) is 126 Å². The summed E-state index contributed by atoms with van der Waals surface area (Å²) in [4.78, 5) is 37.5. The quantitative estimate of drug-likeness (QED) is 0.0116. The Morgan fingerprint density at radius 3 is 1.78 bits per heavy atom. The molecule has 4 heterocycles. The first-order valence-corrected chi connectivity index (χ1v) is 27.9. The number of ether oxygens (including phenoxy) is 7. The lowest BCUT2D eigenvalue weighted by Crippen LogP contribution is -2.29. The molecule has 0 unspecified atom stereocenters. The molecule has 6 aromatic carbocycles. The molecular formula is C61H70BCl2N8O15+. The number of fused-ring (bicyclic) bond motifs is 5. The van der Waals surface area contributed by atoms with Gasteiger partial charge in [-0.25, -0.2) is 9.56 Å². The molecule has 4 aliphatic heterocycles. The van der Waals surface area contributed by atoms with Crippen LogP contribution in [0, 0.1) is 0 Å². The van der Waals surface area contributed by atoms with Crippen LogP contribution in [0.5, 0.6) is 63.2 Å². The topological polar surface area (TPSA) is 312 Å². The summed E-state index contributed by atoms with van der Waals surface area (Å²) in [5.74, 6) is 4.66. The van der Waals surface area contributed by atoms with E-state index in [1.165, 1.54) is 44.3 Å². The van der Waals surface area contributed by atoms with E-state index >= 15 is 0 Å². The number of methoxy groups -OCH3 is 4. The van der Waals surface area contributed by atoms with Crippen molar-refractivity contribution in [3.63, 3.8) is 0 Å². The van der Waals surface area contributed by atoms with Crippen molar-refractivity contribution < 1.29 is 72.4 Å². The number of phenolic OH excluding ortho intramolecular Hbond substituents is 4. The first-order chi connectivity index (χ1) is 42.0. The lowest BCUT2D eigenvalue weighted by atomic mass is 10.2. The second-order valence-corrected chi connectivity index (χ2v) is 18.4. The van der Waals surface area contributed by atoms with Crippen LogP contribution in [0.25, 0.3) is 22.6 Å². The molecule has 460 valence electrons. The number of carbonyl (C=O) groups is 3. The highest BCUT2D eigenvalue weighted by molar-refractivity contribution is 6.29. The van der Waals surface area contributed by atoms with Crippen molar-refractivity contribution in [3.8, 4) is 74.7 Å². The Labute approximate surface area is 514 Å². The number of halogens is 2. The number of carbonyl (C=O) groups excluding carboxylic acids is 3. The maximum atomic E-state index is 11.1. The normalized spacial score (nSPS) is 11.7. The Morgan fingerprint density at radius 1 is 0.632 bits per heavy atom. The smallest absolute Gasteiger partial charge is 0.262 e. The van der Waals surface area contributed by atoms with Gasteiger partial charge in [-0.05, 0) is 80.6 Å². The molecule has 2 radical (unpaired) electrons. The molecule has 1 aliphatic carbocycles. The van der Waals surface area contributed by atoms with Gasteiger partial charge >= 0.3 is 0 Å². The van der Waals surface area contributed by atoms with Crippen LogP contribution < -0.4 is 75.4 Å². The van der Waals surface area contributed by atoms with E-state index in [-0.39, 0.29) is 58.9 Å². The minimum Gasteiger partial charge on any atom is -0.508 e. The third-order valence-corrected chi connectivity index (χ3v) is 12.6. The van der Waals surface area contributed by atoms with Crippen molar-refractivity contribution in [2.75, 3.05) is 119 Å². The summed E-state index contributed by atoms with van der Waals surface area (Å²) in [5.41, 5.74) is 11.7. The zero-order valence-corrected chi connectivity index (χ0v) is 50.5. The van der Waals surface area contributed by atoms with Crippen molar-refractivity contribution in [2.24, 2.45) is 0 Å². The second-order valence-electron chi connectivity index (χ2n) is 17.8. The summed E-state index contributed by atoms with van der Waals surface area (Å²) in [5, 5.41) is 51.5. The number of aromatic nitrogens is 1. The van der Waals surface area contributed by atoms with Gasteiger partial charge < -0.3 is 90.3 Å². The summed E-state index contributed by atoms with van der Waals surface area (Å²) in [6.45, 7) is 10.8. The molecule has 23 nitrogen and oxygen atoms in total. The molecule has 0 fully saturated rings. The maximum absolute atomic E-state index is 11.1. The fourth-order valence-electron chi connectivity index (χ4n) is 7.98. The Morgan fingerprint density at radius 2 is 1.18 bits per heavy atom. The molecule has 0 aromatic heterocycles. The molecular weight excluding hydrogens is 1170 g/mol. The molecule has 3 amide bonds. The first kappa shape index (κ1) is 68.0. The highest BCUT2D eigenvalue weighted by atomic mass is 35.5. The number of nitrogen functional groups attached to an aromatic ring is 1. The number of hydrogen-bond donors (Lipinski definition) is 10. The molecule has 0 bridgehead atoms. The van der Waals surface area contributed by atoms with Crippen LogP contribution in [-0.2, 0) is 14.4 Å². The Hall–Kier alpha value is -9.81. The minimum atomic E-state index is -0.442. The summed E-state index contributed by atoms with van der Waals surface area (Å²) < 4.78 is 44.5. The number of nitrogens with one attached hydrogen (secondary N) is 5. The van der Waals surface area contributed by atoms with Gasteiger partial charge in [0.05, 0.1) is 76.5 Å². The first-order valence-electron chi connectivity index (χ1n) is 26.8. The molecule has 26 heteroatoms.